The van der Waals surface area contributed by atoms with Crippen molar-refractivity contribution in [1.82, 2.24) is 0 Å². The zero-order chi connectivity index (χ0) is 39.8. The predicted octanol–water partition coefficient (Wildman–Crippen LogP) is 16.5. The van der Waals surface area contributed by atoms with E-state index in [2.05, 4.69) is 235 Å². The predicted molar refractivity (Wildman–Crippen MR) is 253 cm³/mol. The van der Waals surface area contributed by atoms with Gasteiger partial charge in [0.05, 0.1) is 0 Å². The average molecular weight is 766 g/mol. The van der Waals surface area contributed by atoms with E-state index in [0.717, 1.165) is 61.6 Å². The first-order chi connectivity index (χ1) is 29.7. The van der Waals surface area contributed by atoms with E-state index in [1.54, 1.807) is 0 Å². The number of benzene rings is 10. The van der Waals surface area contributed by atoms with Crippen LogP contribution in [-0.2, 0) is 0 Å². The summed E-state index contributed by atoms with van der Waals surface area (Å²) in [5, 5.41) is 6.08. The Hall–Kier alpha value is -7.94. The van der Waals surface area contributed by atoms with Crippen LogP contribution in [0.4, 0.5) is 17.1 Å². The number of anilines is 3. The molecule has 11 aromatic rings. The largest absolute Gasteiger partial charge is 0.455 e. The Morgan fingerprint density at radius 1 is 0.283 bits per heavy atom. The van der Waals surface area contributed by atoms with Gasteiger partial charge in [0, 0.05) is 33.6 Å². The third-order valence-electron chi connectivity index (χ3n) is 11.7. The molecule has 0 unspecified atom stereocenters. The Morgan fingerprint density at radius 2 is 0.717 bits per heavy atom. The Labute approximate surface area is 349 Å². The molecule has 0 aliphatic heterocycles. The number of para-hydroxylation sites is 1. The molecule has 0 radical (unpaired) electrons. The summed E-state index contributed by atoms with van der Waals surface area (Å²) in [5.74, 6) is 0.877. The summed E-state index contributed by atoms with van der Waals surface area (Å²) in [7, 11) is 0. The first-order valence-corrected chi connectivity index (χ1v) is 20.5. The zero-order valence-corrected chi connectivity index (χ0v) is 32.9. The third-order valence-corrected chi connectivity index (χ3v) is 11.7. The van der Waals surface area contributed by atoms with Crippen LogP contribution in [0.2, 0.25) is 0 Å². The van der Waals surface area contributed by atoms with Crippen molar-refractivity contribution >= 4 is 49.6 Å². The van der Waals surface area contributed by atoms with Crippen LogP contribution in [0, 0.1) is 0 Å². The van der Waals surface area contributed by atoms with Crippen LogP contribution in [0.1, 0.15) is 0 Å². The van der Waals surface area contributed by atoms with Gasteiger partial charge in [0.15, 0.2) is 0 Å². The van der Waals surface area contributed by atoms with Crippen LogP contribution < -0.4 is 4.90 Å². The fourth-order valence-corrected chi connectivity index (χ4v) is 8.64. The molecule has 2 heteroatoms. The van der Waals surface area contributed by atoms with Gasteiger partial charge >= 0.3 is 0 Å². The topological polar surface area (TPSA) is 16.4 Å². The van der Waals surface area contributed by atoms with Crippen molar-refractivity contribution in [2.75, 3.05) is 4.90 Å². The van der Waals surface area contributed by atoms with Crippen LogP contribution in [0.25, 0.3) is 88.3 Å². The fourth-order valence-electron chi connectivity index (χ4n) is 8.64. The second-order valence-corrected chi connectivity index (χ2v) is 15.3. The van der Waals surface area contributed by atoms with Crippen molar-refractivity contribution in [1.29, 1.82) is 0 Å². The Balaban J connectivity index is 0.985. The van der Waals surface area contributed by atoms with Gasteiger partial charge in [-0.15, -0.1) is 0 Å². The number of rotatable bonds is 8. The van der Waals surface area contributed by atoms with Crippen LogP contribution in [-0.4, -0.2) is 0 Å². The molecule has 0 amide bonds. The maximum absolute atomic E-state index is 6.70. The molecule has 0 atom stereocenters. The molecular weight excluding hydrogens is 727 g/mol. The van der Waals surface area contributed by atoms with Crippen molar-refractivity contribution in [3.05, 3.63) is 237 Å². The molecule has 0 saturated heterocycles. The van der Waals surface area contributed by atoms with Gasteiger partial charge in [-0.05, 0) is 115 Å². The van der Waals surface area contributed by atoms with E-state index >= 15 is 0 Å². The normalized spacial score (nSPS) is 11.3. The van der Waals surface area contributed by atoms with Gasteiger partial charge in [-0.1, -0.05) is 182 Å². The molecule has 2 nitrogen and oxygen atoms in total. The van der Waals surface area contributed by atoms with Crippen LogP contribution in [0.5, 0.6) is 0 Å². The number of nitrogens with zero attached hydrogens (tertiary/aromatic N) is 1. The minimum Gasteiger partial charge on any atom is -0.455 e. The fraction of sp³-hybridized carbons (Fsp3) is 0. The lowest BCUT2D eigenvalue weighted by molar-refractivity contribution is 0.632. The summed E-state index contributed by atoms with van der Waals surface area (Å²) in [5.41, 5.74) is 14.4. The van der Waals surface area contributed by atoms with Gasteiger partial charge < -0.3 is 9.32 Å². The quantitative estimate of drug-likeness (QED) is 0.153. The van der Waals surface area contributed by atoms with Crippen molar-refractivity contribution in [3.63, 3.8) is 0 Å². The molecule has 0 bridgehead atoms. The minimum atomic E-state index is 0.877. The summed E-state index contributed by atoms with van der Waals surface area (Å²) < 4.78 is 6.70. The minimum absolute atomic E-state index is 0.877. The van der Waals surface area contributed by atoms with Crippen molar-refractivity contribution in [2.24, 2.45) is 0 Å². The van der Waals surface area contributed by atoms with Crippen molar-refractivity contribution < 1.29 is 4.42 Å². The molecular formula is C58H39NO. The van der Waals surface area contributed by atoms with Crippen LogP contribution in [0.15, 0.2) is 241 Å². The first kappa shape index (κ1) is 35.2. The highest BCUT2D eigenvalue weighted by molar-refractivity contribution is 6.04. The first-order valence-electron chi connectivity index (χ1n) is 20.5. The Bertz CT molecular complexity index is 3170. The van der Waals surface area contributed by atoms with E-state index in [0.29, 0.717) is 0 Å². The van der Waals surface area contributed by atoms with Gasteiger partial charge in [0.2, 0.25) is 0 Å². The molecule has 0 N–H and O–H groups in total. The summed E-state index contributed by atoms with van der Waals surface area (Å²) in [6.45, 7) is 0. The lowest BCUT2D eigenvalue weighted by Crippen LogP contribution is -2.09. The van der Waals surface area contributed by atoms with E-state index in [1.807, 2.05) is 6.07 Å². The molecule has 0 aliphatic carbocycles. The second kappa shape index (κ2) is 15.1. The van der Waals surface area contributed by atoms with Gasteiger partial charge in [-0.3, -0.25) is 0 Å². The molecule has 11 rings (SSSR count). The monoisotopic (exact) mass is 765 g/mol. The highest BCUT2D eigenvalue weighted by atomic mass is 16.3. The molecule has 0 fully saturated rings. The molecule has 1 aromatic heterocycles. The molecule has 10 aromatic carbocycles. The van der Waals surface area contributed by atoms with Crippen molar-refractivity contribution in [2.45, 2.75) is 0 Å². The smallest absolute Gasteiger partial charge is 0.143 e. The number of hydrogen-bond acceptors (Lipinski definition) is 2. The third kappa shape index (κ3) is 6.51. The molecule has 0 saturated carbocycles. The number of fused-ring (bicyclic) bond motifs is 3. The SMILES string of the molecule is c1ccc(-c2c(-c3ccccc3-c3ccc(N(c4ccc(-c5ccc6ccccc6c5)cc4)c4ccc(-c5ccc6ccccc6c5)cc4)cc3)oc3ccccc23)cc1. The van der Waals surface area contributed by atoms with E-state index in [-0.39, 0.29) is 0 Å². The summed E-state index contributed by atoms with van der Waals surface area (Å²) in [6, 6.07) is 84.7. The molecule has 60 heavy (non-hydrogen) atoms. The summed E-state index contributed by atoms with van der Waals surface area (Å²) >= 11 is 0. The molecule has 0 aliphatic rings. The summed E-state index contributed by atoms with van der Waals surface area (Å²) in [6.07, 6.45) is 0. The van der Waals surface area contributed by atoms with E-state index in [9.17, 15) is 0 Å². The van der Waals surface area contributed by atoms with Crippen molar-refractivity contribution in [3.8, 4) is 55.8 Å². The van der Waals surface area contributed by atoms with Crippen LogP contribution >= 0.6 is 0 Å². The molecule has 1 heterocycles. The average Bonchev–Trinajstić information content (AvgIpc) is 3.72. The van der Waals surface area contributed by atoms with E-state index < -0.39 is 0 Å². The summed E-state index contributed by atoms with van der Waals surface area (Å²) in [4.78, 5) is 2.34. The number of furan rings is 1. The van der Waals surface area contributed by atoms with Gasteiger partial charge in [0.1, 0.15) is 11.3 Å². The highest BCUT2D eigenvalue weighted by Gasteiger charge is 2.21. The second-order valence-electron chi connectivity index (χ2n) is 15.3. The van der Waals surface area contributed by atoms with Gasteiger partial charge in [0.25, 0.3) is 0 Å². The Kier molecular flexibility index (Phi) is 8.87. The number of hydrogen-bond donors (Lipinski definition) is 0. The lowest BCUT2D eigenvalue weighted by Gasteiger charge is -2.26. The Morgan fingerprint density at radius 3 is 1.28 bits per heavy atom. The van der Waals surface area contributed by atoms with Crippen LogP contribution in [0.3, 0.4) is 0 Å². The standard InChI is InChI=1S/C58H39NO/c1-2-14-45(15-3-1)57-55-20-10-11-21-56(55)60-58(57)54-19-9-8-18-53(54)44-30-36-52(37-31-44)59(50-32-26-42(27-33-50)48-24-22-40-12-4-6-16-46(40)38-48)51-34-28-43(29-35-51)49-25-23-41-13-5-7-17-47(41)39-49/h1-39H. The zero-order valence-electron chi connectivity index (χ0n) is 32.9. The van der Waals surface area contributed by atoms with Gasteiger partial charge in [-0.2, -0.15) is 0 Å². The van der Waals surface area contributed by atoms with E-state index in [4.69, 9.17) is 4.42 Å². The molecule has 0 spiro atoms. The molecule has 282 valence electrons. The maximum atomic E-state index is 6.70. The highest BCUT2D eigenvalue weighted by Crippen LogP contribution is 2.45. The maximum Gasteiger partial charge on any atom is 0.143 e. The van der Waals surface area contributed by atoms with E-state index in [1.165, 1.54) is 43.8 Å². The van der Waals surface area contributed by atoms with Gasteiger partial charge in [-0.25, -0.2) is 0 Å². The lowest BCUT2D eigenvalue weighted by atomic mass is 9.93.